The van der Waals surface area contributed by atoms with E-state index in [1.165, 1.54) is 0 Å². The van der Waals surface area contributed by atoms with E-state index in [2.05, 4.69) is 11.8 Å². The summed E-state index contributed by atoms with van der Waals surface area (Å²) >= 11 is 9.30. The smallest absolute Gasteiger partial charge is 0.00195 e. The lowest BCUT2D eigenvalue weighted by Gasteiger charge is -1.45. The molecule has 0 radical (unpaired) electrons. The molecule has 1 atom stereocenters. The topological polar surface area (TPSA) is 0 Å². The van der Waals surface area contributed by atoms with Gasteiger partial charge in [-0.2, -0.15) is 0 Å². The first kappa shape index (κ1) is 6.04. The van der Waals surface area contributed by atoms with Gasteiger partial charge in [0.15, 0.2) is 11.8 Å². The van der Waals surface area contributed by atoms with Crippen LogP contribution < -0.4 is 0 Å². The zero-order chi connectivity index (χ0) is 4.28. The van der Waals surface area contributed by atoms with Crippen molar-refractivity contribution in [3.63, 3.8) is 0 Å². The summed E-state index contributed by atoms with van der Waals surface area (Å²) in [5.41, 5.74) is 0. The van der Waals surface area contributed by atoms with Crippen LogP contribution in [-0.2, 0) is 23.6 Å². The molecule has 4 heteroatoms. The van der Waals surface area contributed by atoms with Crippen molar-refractivity contribution in [2.75, 3.05) is 6.66 Å². The van der Waals surface area contributed by atoms with Gasteiger partial charge in [-0.1, -0.05) is 0 Å². The molecule has 0 aliphatic heterocycles. The van der Waals surface area contributed by atoms with Crippen LogP contribution in [0.15, 0.2) is 0 Å². The highest BCUT2D eigenvalue weighted by Crippen LogP contribution is 2.30. The minimum absolute atomic E-state index is 0.228. The molecule has 0 bridgehead atoms. The first-order valence-electron chi connectivity index (χ1n) is 1.01. The van der Waals surface area contributed by atoms with Crippen LogP contribution in [0.2, 0.25) is 0 Å². The Labute approximate surface area is 44.1 Å². The second-order valence-electron chi connectivity index (χ2n) is 0.546. The summed E-state index contributed by atoms with van der Waals surface area (Å²) in [5, 5.41) is 0. The Balaban J connectivity index is 3.20. The minimum atomic E-state index is -0.228. The lowest BCUT2D eigenvalue weighted by Crippen LogP contribution is -1.19. The molecule has 0 rings (SSSR count). The highest BCUT2D eigenvalue weighted by Gasteiger charge is 1.86. The molecule has 0 aliphatic rings. The first-order chi connectivity index (χ1) is 2.27. The van der Waals surface area contributed by atoms with Gasteiger partial charge in [-0.15, -0.1) is 0 Å². The fraction of sp³-hybridized carbons (Fsp3) is 1.00. The maximum absolute atomic E-state index is 4.73. The number of rotatable bonds is 1. The van der Waals surface area contributed by atoms with Gasteiger partial charge in [-0.25, -0.2) is 0 Å². The molecule has 0 N–H and O–H groups in total. The summed E-state index contributed by atoms with van der Waals surface area (Å²) in [6.45, 7) is 1.99. The molecule has 1 unspecified atom stereocenters. The van der Waals surface area contributed by atoms with Crippen molar-refractivity contribution in [3.05, 3.63) is 0 Å². The van der Waals surface area contributed by atoms with Crippen molar-refractivity contribution in [3.8, 4) is 0 Å². The lowest BCUT2D eigenvalue weighted by molar-refractivity contribution is 2.51. The van der Waals surface area contributed by atoms with Crippen molar-refractivity contribution >= 4 is 37.0 Å². The predicted octanol–water partition coefficient (Wildman–Crippen LogP) is 1.88. The Morgan fingerprint density at radius 2 is 2.00 bits per heavy atom. The van der Waals surface area contributed by atoms with Gasteiger partial charge in [0, 0.05) is 0 Å². The summed E-state index contributed by atoms with van der Waals surface area (Å²) in [7, 11) is 0.960. The van der Waals surface area contributed by atoms with E-state index < -0.39 is 0 Å². The third kappa shape index (κ3) is 5.04. The van der Waals surface area contributed by atoms with E-state index >= 15 is 0 Å². The van der Waals surface area contributed by atoms with Crippen molar-refractivity contribution in [1.29, 1.82) is 0 Å². The minimum Gasteiger partial charge on any atom is -0.00195 e. The molecule has 5 heavy (non-hydrogen) atoms. The third-order valence-electron chi connectivity index (χ3n) is 0.115. The predicted molar refractivity (Wildman–Crippen MR) is 34.5 cm³/mol. The van der Waals surface area contributed by atoms with Crippen LogP contribution in [0.25, 0.3) is 0 Å². The normalized spacial score (nSPS) is 11.8. The van der Waals surface area contributed by atoms with E-state index in [4.69, 9.17) is 11.8 Å². The van der Waals surface area contributed by atoms with Crippen LogP contribution in [0.3, 0.4) is 0 Å². The van der Waals surface area contributed by atoms with Crippen molar-refractivity contribution in [2.24, 2.45) is 0 Å². The SMILES string of the molecule is C[P+](=S)P=S. The lowest BCUT2D eigenvalue weighted by atomic mass is 12.0. The van der Waals surface area contributed by atoms with Gasteiger partial charge in [-0.3, -0.25) is 0 Å². The number of hydrogen-bond donors (Lipinski definition) is 0. The van der Waals surface area contributed by atoms with E-state index in [1.807, 2.05) is 6.66 Å². The maximum Gasteiger partial charge on any atom is 0.247 e. The fourth-order valence-corrected chi connectivity index (χ4v) is 0. The van der Waals surface area contributed by atoms with Gasteiger partial charge in [0.05, 0.1) is 0 Å². The van der Waals surface area contributed by atoms with Crippen molar-refractivity contribution < 1.29 is 0 Å². The molecule has 0 nitrogen and oxygen atoms in total. The molecular weight excluding hydrogens is 138 g/mol. The van der Waals surface area contributed by atoms with Crippen LogP contribution >= 0.6 is 13.4 Å². The highest BCUT2D eigenvalue weighted by molar-refractivity contribution is 8.47. The van der Waals surface area contributed by atoms with Gasteiger partial charge in [0.1, 0.15) is 6.66 Å². The second-order valence-corrected chi connectivity index (χ2v) is 7.85. The van der Waals surface area contributed by atoms with Crippen LogP contribution in [0.5, 0.6) is 0 Å². The summed E-state index contributed by atoms with van der Waals surface area (Å²) in [6.07, 6.45) is -0.228. The average Bonchev–Trinajstić information content (AvgIpc) is 1.38. The van der Waals surface area contributed by atoms with E-state index in [0.717, 1.165) is 7.04 Å². The quantitative estimate of drug-likeness (QED) is 0.511. The maximum atomic E-state index is 4.73. The zero-order valence-electron chi connectivity index (χ0n) is 2.71. The van der Waals surface area contributed by atoms with Gasteiger partial charge in [0.2, 0.25) is 13.4 Å². The fourth-order valence-electron chi connectivity index (χ4n) is 0. The van der Waals surface area contributed by atoms with Gasteiger partial charge in [-0.05, 0) is 11.8 Å². The van der Waals surface area contributed by atoms with Crippen LogP contribution in [0.4, 0.5) is 0 Å². The highest BCUT2D eigenvalue weighted by atomic mass is 32.7. The van der Waals surface area contributed by atoms with E-state index in [-0.39, 0.29) is 6.39 Å². The van der Waals surface area contributed by atoms with Gasteiger partial charge >= 0.3 is 0 Å². The molecule has 0 saturated heterocycles. The largest absolute Gasteiger partial charge is 0.247 e. The molecule has 0 amide bonds. The molecule has 0 aliphatic carbocycles. The first-order valence-corrected chi connectivity index (χ1v) is 6.43. The van der Waals surface area contributed by atoms with E-state index in [1.54, 1.807) is 0 Å². The zero-order valence-corrected chi connectivity index (χ0v) is 6.13. The Hall–Kier alpha value is 1.04. The van der Waals surface area contributed by atoms with Gasteiger partial charge < -0.3 is 0 Å². The van der Waals surface area contributed by atoms with Crippen molar-refractivity contribution in [1.82, 2.24) is 0 Å². The molecule has 0 saturated carbocycles. The molecule has 0 aromatic carbocycles. The monoisotopic (exact) mass is 141 g/mol. The summed E-state index contributed by atoms with van der Waals surface area (Å²) in [5.74, 6) is 0. The molecule has 0 aromatic heterocycles. The summed E-state index contributed by atoms with van der Waals surface area (Å²) in [6, 6.07) is 0. The Morgan fingerprint density at radius 3 is 2.00 bits per heavy atom. The molecule has 0 aromatic rings. The Bertz CT molecular complexity index is 58.7. The molecule has 0 spiro atoms. The molecule has 0 fully saturated rings. The standard InChI is InChI=1S/CH3P2S2/c1-3(5)2-4/h1H3/q+1. The summed E-state index contributed by atoms with van der Waals surface area (Å²) in [4.78, 5) is 0. The van der Waals surface area contributed by atoms with Crippen LogP contribution in [0.1, 0.15) is 0 Å². The Kier molecular flexibility index (Phi) is 3.91. The molecular formula is CH3P2S2+. The van der Waals surface area contributed by atoms with Gasteiger partial charge in [0.25, 0.3) is 0 Å². The third-order valence-corrected chi connectivity index (χ3v) is 4.90. The van der Waals surface area contributed by atoms with Crippen LogP contribution in [0, 0.1) is 0 Å². The molecule has 28 valence electrons. The number of hydrogen-bond acceptors (Lipinski definition) is 2. The second kappa shape index (κ2) is 3.24. The average molecular weight is 141 g/mol. The van der Waals surface area contributed by atoms with Crippen molar-refractivity contribution in [2.45, 2.75) is 0 Å². The van der Waals surface area contributed by atoms with Crippen LogP contribution in [-0.4, -0.2) is 6.66 Å². The molecule has 0 heterocycles. The van der Waals surface area contributed by atoms with E-state index in [0.29, 0.717) is 0 Å². The van der Waals surface area contributed by atoms with E-state index in [9.17, 15) is 0 Å². The Morgan fingerprint density at radius 1 is 1.80 bits per heavy atom. The summed E-state index contributed by atoms with van der Waals surface area (Å²) < 4.78 is 0.